The van der Waals surface area contributed by atoms with Crippen LogP contribution in [0.2, 0.25) is 0 Å². The molecule has 0 saturated carbocycles. The third-order valence-corrected chi connectivity index (χ3v) is 2.20. The Hall–Kier alpha value is -0.570. The third-order valence-electron chi connectivity index (χ3n) is 2.20. The summed E-state index contributed by atoms with van der Waals surface area (Å²) in [6.07, 6.45) is 1.13. The number of esters is 1. The van der Waals surface area contributed by atoms with Crippen molar-refractivity contribution >= 4 is 5.97 Å². The van der Waals surface area contributed by atoms with Crippen molar-refractivity contribution < 1.29 is 9.53 Å². The van der Waals surface area contributed by atoms with E-state index >= 15 is 0 Å². The predicted octanol–water partition coefficient (Wildman–Crippen LogP) is 1.82. The van der Waals surface area contributed by atoms with E-state index < -0.39 is 0 Å². The lowest BCUT2D eigenvalue weighted by molar-refractivity contribution is -0.144. The van der Waals surface area contributed by atoms with Crippen molar-refractivity contribution in [1.82, 2.24) is 5.32 Å². The molecule has 0 aliphatic heterocycles. The lowest BCUT2D eigenvalue weighted by Gasteiger charge is -2.17. The van der Waals surface area contributed by atoms with Gasteiger partial charge in [-0.25, -0.2) is 0 Å². The molecule has 0 saturated heterocycles. The van der Waals surface area contributed by atoms with E-state index in [-0.39, 0.29) is 11.9 Å². The Kier molecular flexibility index (Phi) is 6.54. The Bertz CT molecular complexity index is 169. The molecule has 0 aliphatic rings. The zero-order valence-corrected chi connectivity index (χ0v) is 9.96. The monoisotopic (exact) mass is 201 g/mol. The van der Waals surface area contributed by atoms with Crippen molar-refractivity contribution in [3.05, 3.63) is 0 Å². The van der Waals surface area contributed by atoms with Crippen molar-refractivity contribution in [3.8, 4) is 0 Å². The quantitative estimate of drug-likeness (QED) is 0.666. The molecule has 0 aliphatic carbocycles. The molecular weight excluding hydrogens is 178 g/mol. The Morgan fingerprint density at radius 1 is 1.29 bits per heavy atom. The molecule has 1 N–H and O–H groups in total. The van der Waals surface area contributed by atoms with Gasteiger partial charge in [-0.1, -0.05) is 20.8 Å². The second kappa shape index (κ2) is 6.82. The van der Waals surface area contributed by atoms with Crippen LogP contribution in [-0.2, 0) is 9.53 Å². The maximum atomic E-state index is 11.1. The maximum Gasteiger partial charge on any atom is 0.309 e. The summed E-state index contributed by atoms with van der Waals surface area (Å²) in [5, 5.41) is 3.33. The number of rotatable bonds is 6. The molecule has 14 heavy (non-hydrogen) atoms. The fourth-order valence-corrected chi connectivity index (χ4v) is 1.45. The molecule has 3 nitrogen and oxygen atoms in total. The minimum absolute atomic E-state index is 0.0605. The molecular formula is C11H23NO2. The molecule has 0 aromatic rings. The van der Waals surface area contributed by atoms with Gasteiger partial charge in [0.2, 0.25) is 0 Å². The molecule has 3 heteroatoms. The first-order valence-electron chi connectivity index (χ1n) is 5.28. The van der Waals surface area contributed by atoms with Gasteiger partial charge in [-0.05, 0) is 19.3 Å². The standard InChI is InChI=1S/C11H23NO2/c1-8(2)6-10(4)12-7-9(3)11(13)14-5/h8-10,12H,6-7H2,1-5H3. The van der Waals surface area contributed by atoms with Gasteiger partial charge < -0.3 is 10.1 Å². The number of methoxy groups -OCH3 is 1. The van der Waals surface area contributed by atoms with Crippen molar-refractivity contribution in [2.75, 3.05) is 13.7 Å². The fourth-order valence-electron chi connectivity index (χ4n) is 1.45. The summed E-state index contributed by atoms with van der Waals surface area (Å²) in [6, 6.07) is 0.460. The highest BCUT2D eigenvalue weighted by Crippen LogP contribution is 2.04. The van der Waals surface area contributed by atoms with Crippen LogP contribution in [0.1, 0.15) is 34.1 Å². The molecule has 0 spiro atoms. The summed E-state index contributed by atoms with van der Waals surface area (Å²) in [5.74, 6) is 0.481. The lowest BCUT2D eigenvalue weighted by Crippen LogP contribution is -2.34. The van der Waals surface area contributed by atoms with Gasteiger partial charge in [-0.3, -0.25) is 4.79 Å². The largest absolute Gasteiger partial charge is 0.469 e. The van der Waals surface area contributed by atoms with Crippen LogP contribution in [0.25, 0.3) is 0 Å². The van der Waals surface area contributed by atoms with Crippen LogP contribution in [0.4, 0.5) is 0 Å². The summed E-state index contributed by atoms with van der Waals surface area (Å²) in [6.45, 7) is 9.11. The first kappa shape index (κ1) is 13.4. The van der Waals surface area contributed by atoms with Gasteiger partial charge in [0.15, 0.2) is 0 Å². The predicted molar refractivity (Wildman–Crippen MR) is 58.1 cm³/mol. The normalized spacial score (nSPS) is 15.3. The topological polar surface area (TPSA) is 38.3 Å². The first-order chi connectivity index (χ1) is 6.47. The van der Waals surface area contributed by atoms with E-state index in [0.29, 0.717) is 18.5 Å². The number of hydrogen-bond acceptors (Lipinski definition) is 3. The van der Waals surface area contributed by atoms with Gasteiger partial charge in [-0.15, -0.1) is 0 Å². The number of carbonyl (C=O) groups is 1. The summed E-state index contributed by atoms with van der Waals surface area (Å²) in [7, 11) is 1.43. The molecule has 84 valence electrons. The van der Waals surface area contributed by atoms with Crippen molar-refractivity contribution in [2.45, 2.75) is 40.2 Å². The Balaban J connectivity index is 3.65. The molecule has 2 unspecified atom stereocenters. The fraction of sp³-hybridized carbons (Fsp3) is 0.909. The van der Waals surface area contributed by atoms with Crippen LogP contribution >= 0.6 is 0 Å². The van der Waals surface area contributed by atoms with Gasteiger partial charge in [0, 0.05) is 12.6 Å². The average Bonchev–Trinajstić information content (AvgIpc) is 2.11. The van der Waals surface area contributed by atoms with Crippen LogP contribution < -0.4 is 5.32 Å². The van der Waals surface area contributed by atoms with E-state index in [1.807, 2.05) is 6.92 Å². The maximum absolute atomic E-state index is 11.1. The highest BCUT2D eigenvalue weighted by atomic mass is 16.5. The lowest BCUT2D eigenvalue weighted by atomic mass is 10.0. The highest BCUT2D eigenvalue weighted by molar-refractivity contribution is 5.72. The van der Waals surface area contributed by atoms with Gasteiger partial charge in [0.05, 0.1) is 13.0 Å². The van der Waals surface area contributed by atoms with Gasteiger partial charge in [0.1, 0.15) is 0 Å². The molecule has 0 amide bonds. The van der Waals surface area contributed by atoms with Crippen molar-refractivity contribution in [1.29, 1.82) is 0 Å². The van der Waals surface area contributed by atoms with E-state index in [2.05, 4.69) is 30.8 Å². The number of nitrogens with one attached hydrogen (secondary N) is 1. The molecule has 0 bridgehead atoms. The summed E-state index contributed by atoms with van der Waals surface area (Å²) >= 11 is 0. The molecule has 0 aromatic heterocycles. The van der Waals surface area contributed by atoms with Crippen LogP contribution in [0.5, 0.6) is 0 Å². The molecule has 0 heterocycles. The second-order valence-electron chi connectivity index (χ2n) is 4.36. The highest BCUT2D eigenvalue weighted by Gasteiger charge is 2.14. The number of ether oxygens (including phenoxy) is 1. The third kappa shape index (κ3) is 5.97. The minimum atomic E-state index is -0.144. The van der Waals surface area contributed by atoms with E-state index in [9.17, 15) is 4.79 Å². The van der Waals surface area contributed by atoms with E-state index in [1.54, 1.807) is 0 Å². The average molecular weight is 201 g/mol. The zero-order valence-electron chi connectivity index (χ0n) is 9.96. The van der Waals surface area contributed by atoms with Gasteiger partial charge >= 0.3 is 5.97 Å². The van der Waals surface area contributed by atoms with Crippen LogP contribution in [0.3, 0.4) is 0 Å². The van der Waals surface area contributed by atoms with Crippen LogP contribution in [0, 0.1) is 11.8 Å². The van der Waals surface area contributed by atoms with E-state index in [4.69, 9.17) is 0 Å². The zero-order chi connectivity index (χ0) is 11.1. The van der Waals surface area contributed by atoms with Gasteiger partial charge in [-0.2, -0.15) is 0 Å². The van der Waals surface area contributed by atoms with Crippen LogP contribution in [-0.4, -0.2) is 25.7 Å². The summed E-state index contributed by atoms with van der Waals surface area (Å²) in [4.78, 5) is 11.1. The van der Waals surface area contributed by atoms with E-state index in [1.165, 1.54) is 7.11 Å². The van der Waals surface area contributed by atoms with Gasteiger partial charge in [0.25, 0.3) is 0 Å². The first-order valence-corrected chi connectivity index (χ1v) is 5.28. The molecule has 0 aromatic carbocycles. The smallest absolute Gasteiger partial charge is 0.309 e. The Labute approximate surface area is 87.2 Å². The Morgan fingerprint density at radius 3 is 2.29 bits per heavy atom. The molecule has 0 rings (SSSR count). The van der Waals surface area contributed by atoms with E-state index in [0.717, 1.165) is 6.42 Å². The summed E-state index contributed by atoms with van der Waals surface area (Å²) < 4.78 is 4.65. The molecule has 0 fully saturated rings. The minimum Gasteiger partial charge on any atom is -0.469 e. The Morgan fingerprint density at radius 2 is 1.86 bits per heavy atom. The van der Waals surface area contributed by atoms with Crippen molar-refractivity contribution in [2.24, 2.45) is 11.8 Å². The number of hydrogen-bond donors (Lipinski definition) is 1. The second-order valence-corrected chi connectivity index (χ2v) is 4.36. The molecule has 0 radical (unpaired) electrons. The van der Waals surface area contributed by atoms with Crippen LogP contribution in [0.15, 0.2) is 0 Å². The number of carbonyl (C=O) groups excluding carboxylic acids is 1. The summed E-state index contributed by atoms with van der Waals surface area (Å²) in [5.41, 5.74) is 0. The SMILES string of the molecule is COC(=O)C(C)CNC(C)CC(C)C. The molecule has 2 atom stereocenters. The van der Waals surface area contributed by atoms with Crippen molar-refractivity contribution in [3.63, 3.8) is 0 Å².